The number of nitrogens with zero attached hydrogens (tertiary/aromatic N) is 2. The summed E-state index contributed by atoms with van der Waals surface area (Å²) in [6.45, 7) is 5.91. The van der Waals surface area contributed by atoms with Gasteiger partial charge in [-0.25, -0.2) is 0 Å². The average molecular weight is 252 g/mol. The highest BCUT2D eigenvalue weighted by Gasteiger charge is 2.46. The number of hydrogen-bond donors (Lipinski definition) is 1. The third kappa shape index (κ3) is 2.69. The molecule has 2 aliphatic heterocycles. The lowest BCUT2D eigenvalue weighted by Crippen LogP contribution is -2.37. The normalized spacial score (nSPS) is 31.9. The molecule has 18 heavy (non-hydrogen) atoms. The molecule has 2 heterocycles. The monoisotopic (exact) mass is 252 g/mol. The zero-order valence-electron chi connectivity index (χ0n) is 11.1. The second kappa shape index (κ2) is 4.82. The van der Waals surface area contributed by atoms with Crippen molar-refractivity contribution in [3.63, 3.8) is 0 Å². The fraction of sp³-hybridized carbons (Fsp3) is 0.929. The fourth-order valence-electron chi connectivity index (χ4n) is 3.72. The Bertz CT molecular complexity index is 322. The van der Waals surface area contributed by atoms with Crippen LogP contribution in [0.25, 0.3) is 0 Å². The van der Waals surface area contributed by atoms with Gasteiger partial charge in [0.25, 0.3) is 0 Å². The molecule has 0 aromatic carbocycles. The summed E-state index contributed by atoms with van der Waals surface area (Å²) in [5, 5.41) is 8.96. The second-order valence-corrected chi connectivity index (χ2v) is 6.49. The van der Waals surface area contributed by atoms with Crippen LogP contribution in [0.3, 0.4) is 0 Å². The minimum atomic E-state index is -0.622. The first kappa shape index (κ1) is 12.4. The molecule has 2 saturated heterocycles. The first-order chi connectivity index (χ1) is 8.67. The van der Waals surface area contributed by atoms with E-state index >= 15 is 0 Å². The van der Waals surface area contributed by atoms with E-state index in [0.717, 1.165) is 25.4 Å². The predicted molar refractivity (Wildman–Crippen MR) is 69.6 cm³/mol. The lowest BCUT2D eigenvalue weighted by atomic mass is 10.0. The van der Waals surface area contributed by atoms with Crippen molar-refractivity contribution in [3.05, 3.63) is 0 Å². The minimum absolute atomic E-state index is 0.131. The zero-order chi connectivity index (χ0) is 12.6. The van der Waals surface area contributed by atoms with Gasteiger partial charge in [0.2, 0.25) is 0 Å². The van der Waals surface area contributed by atoms with Crippen LogP contribution < -0.4 is 0 Å². The minimum Gasteiger partial charge on any atom is -0.481 e. The molecule has 102 valence electrons. The summed E-state index contributed by atoms with van der Waals surface area (Å²) in [7, 11) is 0. The van der Waals surface area contributed by atoms with Gasteiger partial charge in [0.05, 0.1) is 6.42 Å². The summed E-state index contributed by atoms with van der Waals surface area (Å²) < 4.78 is 0. The van der Waals surface area contributed by atoms with E-state index in [0.29, 0.717) is 6.42 Å². The van der Waals surface area contributed by atoms with Crippen LogP contribution in [0, 0.1) is 5.41 Å². The van der Waals surface area contributed by atoms with Gasteiger partial charge in [-0.2, -0.15) is 0 Å². The van der Waals surface area contributed by atoms with Gasteiger partial charge in [0.1, 0.15) is 0 Å². The molecule has 3 fully saturated rings. The van der Waals surface area contributed by atoms with E-state index in [2.05, 4.69) is 9.80 Å². The number of likely N-dealkylation sites (tertiary alicyclic amines) is 2. The molecular weight excluding hydrogens is 228 g/mol. The maximum Gasteiger partial charge on any atom is 0.303 e. The van der Waals surface area contributed by atoms with Crippen molar-refractivity contribution >= 4 is 5.97 Å². The molecule has 0 spiro atoms. The van der Waals surface area contributed by atoms with E-state index < -0.39 is 5.97 Å². The van der Waals surface area contributed by atoms with Crippen molar-refractivity contribution in [2.75, 3.05) is 32.7 Å². The molecule has 0 amide bonds. The molecule has 1 unspecified atom stereocenters. The number of hydrogen-bond acceptors (Lipinski definition) is 3. The molecule has 1 aliphatic carbocycles. The molecule has 0 aromatic heterocycles. The Morgan fingerprint density at radius 3 is 2.56 bits per heavy atom. The maximum absolute atomic E-state index is 10.9. The van der Waals surface area contributed by atoms with Gasteiger partial charge < -0.3 is 10.0 Å². The van der Waals surface area contributed by atoms with Crippen LogP contribution in [-0.2, 0) is 4.79 Å². The summed E-state index contributed by atoms with van der Waals surface area (Å²) in [6, 6.07) is 0.744. The highest BCUT2D eigenvalue weighted by molar-refractivity contribution is 5.68. The molecule has 4 nitrogen and oxygen atoms in total. The van der Waals surface area contributed by atoms with Crippen LogP contribution in [-0.4, -0.2) is 59.6 Å². The molecule has 3 rings (SSSR count). The highest BCUT2D eigenvalue weighted by atomic mass is 16.4. The van der Waals surface area contributed by atoms with Gasteiger partial charge in [-0.1, -0.05) is 0 Å². The summed E-state index contributed by atoms with van der Waals surface area (Å²) in [4.78, 5) is 16.0. The van der Waals surface area contributed by atoms with Crippen LogP contribution in [0.15, 0.2) is 0 Å². The number of carboxylic acid groups (broad SMARTS) is 1. The molecule has 4 heteroatoms. The first-order valence-corrected chi connectivity index (χ1v) is 7.35. The quantitative estimate of drug-likeness (QED) is 0.803. The summed E-state index contributed by atoms with van der Waals surface area (Å²) in [6.07, 6.45) is 6.61. The average Bonchev–Trinajstić information content (AvgIpc) is 2.78. The third-order valence-electron chi connectivity index (χ3n) is 4.95. The lowest BCUT2D eigenvalue weighted by Gasteiger charge is -2.25. The molecular formula is C14H24N2O2. The van der Waals surface area contributed by atoms with Gasteiger partial charge >= 0.3 is 5.97 Å². The van der Waals surface area contributed by atoms with Crippen molar-refractivity contribution < 1.29 is 9.90 Å². The number of aliphatic carboxylic acids is 1. The van der Waals surface area contributed by atoms with Crippen molar-refractivity contribution in [1.82, 2.24) is 9.80 Å². The summed E-state index contributed by atoms with van der Waals surface area (Å²) in [5.74, 6) is -0.622. The van der Waals surface area contributed by atoms with E-state index in [1.54, 1.807) is 0 Å². The Morgan fingerprint density at radius 1 is 1.22 bits per heavy atom. The third-order valence-corrected chi connectivity index (χ3v) is 4.95. The van der Waals surface area contributed by atoms with Crippen molar-refractivity contribution in [2.24, 2.45) is 5.41 Å². The summed E-state index contributed by atoms with van der Waals surface area (Å²) in [5.41, 5.74) is 0.131. The number of carboxylic acids is 1. The topological polar surface area (TPSA) is 43.8 Å². The van der Waals surface area contributed by atoms with Crippen molar-refractivity contribution in [3.8, 4) is 0 Å². The molecule has 0 bridgehead atoms. The van der Waals surface area contributed by atoms with Gasteiger partial charge in [-0.05, 0) is 57.2 Å². The molecule has 1 saturated carbocycles. The standard InChI is InChI=1S/C14H24N2O2/c17-13(18)9-14(4-5-14)11-15-8-3-12(10-15)16-6-1-2-7-16/h12H,1-11H2,(H,17,18). The zero-order valence-corrected chi connectivity index (χ0v) is 11.1. The van der Waals surface area contributed by atoms with Crippen molar-refractivity contribution in [1.29, 1.82) is 0 Å². The van der Waals surface area contributed by atoms with Crippen LogP contribution in [0.1, 0.15) is 38.5 Å². The van der Waals surface area contributed by atoms with E-state index in [4.69, 9.17) is 5.11 Å². The van der Waals surface area contributed by atoms with Crippen LogP contribution >= 0.6 is 0 Å². The van der Waals surface area contributed by atoms with Gasteiger partial charge in [-0.15, -0.1) is 0 Å². The Kier molecular flexibility index (Phi) is 3.32. The molecule has 3 aliphatic rings. The lowest BCUT2D eigenvalue weighted by molar-refractivity contribution is -0.138. The highest BCUT2D eigenvalue weighted by Crippen LogP contribution is 2.49. The van der Waals surface area contributed by atoms with E-state index in [1.807, 2.05) is 0 Å². The van der Waals surface area contributed by atoms with E-state index in [9.17, 15) is 4.79 Å². The van der Waals surface area contributed by atoms with Crippen LogP contribution in [0.4, 0.5) is 0 Å². The molecule has 0 radical (unpaired) electrons. The first-order valence-electron chi connectivity index (χ1n) is 7.35. The smallest absolute Gasteiger partial charge is 0.303 e. The van der Waals surface area contributed by atoms with E-state index in [-0.39, 0.29) is 5.41 Å². The largest absolute Gasteiger partial charge is 0.481 e. The Balaban J connectivity index is 1.49. The number of rotatable bonds is 5. The van der Waals surface area contributed by atoms with Crippen LogP contribution in [0.2, 0.25) is 0 Å². The summed E-state index contributed by atoms with van der Waals surface area (Å²) >= 11 is 0. The SMILES string of the molecule is O=C(O)CC1(CN2CCC(N3CCCC3)C2)CC1. The maximum atomic E-state index is 10.9. The van der Waals surface area contributed by atoms with Gasteiger partial charge in [-0.3, -0.25) is 9.69 Å². The second-order valence-electron chi connectivity index (χ2n) is 6.49. The predicted octanol–water partition coefficient (Wildman–Crippen LogP) is 1.41. The number of carbonyl (C=O) groups is 1. The fourth-order valence-corrected chi connectivity index (χ4v) is 3.72. The van der Waals surface area contributed by atoms with Crippen LogP contribution in [0.5, 0.6) is 0 Å². The Hall–Kier alpha value is -0.610. The van der Waals surface area contributed by atoms with Gasteiger partial charge in [0.15, 0.2) is 0 Å². The molecule has 0 aromatic rings. The Morgan fingerprint density at radius 2 is 1.94 bits per heavy atom. The van der Waals surface area contributed by atoms with Crippen molar-refractivity contribution in [2.45, 2.75) is 44.6 Å². The molecule has 1 atom stereocenters. The van der Waals surface area contributed by atoms with E-state index in [1.165, 1.54) is 45.4 Å². The molecule has 1 N–H and O–H groups in total. The Labute approximate surface area is 109 Å². The van der Waals surface area contributed by atoms with Gasteiger partial charge in [0, 0.05) is 19.1 Å².